The molecule has 0 radical (unpaired) electrons. The van der Waals surface area contributed by atoms with E-state index in [0.29, 0.717) is 27.5 Å². The molecule has 5 nitrogen and oxygen atoms in total. The third-order valence-corrected chi connectivity index (χ3v) is 5.83. The molecule has 138 valence electrons. The third kappa shape index (κ3) is 6.44. The van der Waals surface area contributed by atoms with Crippen LogP contribution in [-0.4, -0.2) is 48.4 Å². The Bertz CT molecular complexity index is 606. The number of thioether (sulfide) groups is 1. The van der Waals surface area contributed by atoms with Gasteiger partial charge in [0.15, 0.2) is 0 Å². The normalized spacial score (nSPS) is 14.8. The lowest BCUT2D eigenvalue weighted by Crippen LogP contribution is -2.36. The van der Waals surface area contributed by atoms with E-state index in [2.05, 4.69) is 5.32 Å². The van der Waals surface area contributed by atoms with Crippen LogP contribution in [0.5, 0.6) is 5.75 Å². The number of likely N-dealkylation sites (N-methyl/N-ethyl adjacent to an activating group) is 1. The molecule has 1 saturated carbocycles. The predicted molar refractivity (Wildman–Crippen MR) is 104 cm³/mol. The second-order valence-electron chi connectivity index (χ2n) is 6.21. The van der Waals surface area contributed by atoms with Crippen molar-refractivity contribution in [3.63, 3.8) is 0 Å². The molecule has 1 aromatic rings. The number of carbonyl (C=O) groups is 2. The minimum atomic E-state index is -0.279. The molecule has 2 amide bonds. The number of halogens is 1. The summed E-state index contributed by atoms with van der Waals surface area (Å²) in [7, 11) is 3.18. The highest BCUT2D eigenvalue weighted by Gasteiger charge is 2.18. The zero-order valence-electron chi connectivity index (χ0n) is 14.7. The van der Waals surface area contributed by atoms with Crippen LogP contribution in [0.25, 0.3) is 0 Å². The van der Waals surface area contributed by atoms with Crippen LogP contribution in [-0.2, 0) is 9.59 Å². The average molecular weight is 385 g/mol. The van der Waals surface area contributed by atoms with Gasteiger partial charge in [0.05, 0.1) is 25.1 Å². The van der Waals surface area contributed by atoms with Crippen LogP contribution in [0.3, 0.4) is 0 Å². The quantitative estimate of drug-likeness (QED) is 0.776. The first-order chi connectivity index (χ1) is 12.0. The van der Waals surface area contributed by atoms with Crippen molar-refractivity contribution in [2.24, 2.45) is 0 Å². The van der Waals surface area contributed by atoms with Gasteiger partial charge in [0.1, 0.15) is 5.75 Å². The second-order valence-corrected chi connectivity index (χ2v) is 7.94. The van der Waals surface area contributed by atoms with E-state index in [9.17, 15) is 9.59 Å². The summed E-state index contributed by atoms with van der Waals surface area (Å²) in [5.41, 5.74) is 0.498. The van der Waals surface area contributed by atoms with Crippen molar-refractivity contribution in [3.8, 4) is 5.75 Å². The van der Waals surface area contributed by atoms with Gasteiger partial charge in [-0.15, -0.1) is 11.8 Å². The Morgan fingerprint density at radius 1 is 1.32 bits per heavy atom. The fourth-order valence-electron chi connectivity index (χ4n) is 2.80. The lowest BCUT2D eigenvalue weighted by atomic mass is 10.0. The van der Waals surface area contributed by atoms with Crippen LogP contribution in [0.2, 0.25) is 5.02 Å². The maximum Gasteiger partial charge on any atom is 0.244 e. The van der Waals surface area contributed by atoms with Gasteiger partial charge in [0.2, 0.25) is 11.8 Å². The zero-order valence-corrected chi connectivity index (χ0v) is 16.3. The summed E-state index contributed by atoms with van der Waals surface area (Å²) >= 11 is 7.67. The largest absolute Gasteiger partial charge is 0.495 e. The van der Waals surface area contributed by atoms with Crippen molar-refractivity contribution in [1.29, 1.82) is 0 Å². The maximum absolute atomic E-state index is 12.2. The number of ether oxygens (including phenoxy) is 1. The summed E-state index contributed by atoms with van der Waals surface area (Å²) in [6, 6.07) is 5.00. The minimum absolute atomic E-state index is 0.000270. The van der Waals surface area contributed by atoms with Gasteiger partial charge in [-0.25, -0.2) is 0 Å². The summed E-state index contributed by atoms with van der Waals surface area (Å²) < 4.78 is 5.20. The van der Waals surface area contributed by atoms with Crippen molar-refractivity contribution in [3.05, 3.63) is 23.2 Å². The summed E-state index contributed by atoms with van der Waals surface area (Å²) in [5.74, 6) is 0.650. The molecule has 0 unspecified atom stereocenters. The van der Waals surface area contributed by atoms with Gasteiger partial charge in [-0.1, -0.05) is 30.9 Å². The Morgan fingerprint density at radius 2 is 2.04 bits per heavy atom. The highest BCUT2D eigenvalue weighted by Crippen LogP contribution is 2.29. The fraction of sp³-hybridized carbons (Fsp3) is 0.556. The molecule has 25 heavy (non-hydrogen) atoms. The number of benzene rings is 1. The molecule has 0 aromatic heterocycles. The minimum Gasteiger partial charge on any atom is -0.495 e. The molecule has 2 rings (SSSR count). The molecule has 1 N–H and O–H groups in total. The fourth-order valence-corrected chi connectivity index (χ4v) is 4.24. The number of hydrogen-bond acceptors (Lipinski definition) is 4. The van der Waals surface area contributed by atoms with Gasteiger partial charge < -0.3 is 15.0 Å². The first kappa shape index (κ1) is 19.9. The Hall–Kier alpha value is -1.40. The summed E-state index contributed by atoms with van der Waals surface area (Å²) in [6.45, 7) is -0.000270. The van der Waals surface area contributed by atoms with Crippen molar-refractivity contribution < 1.29 is 14.3 Å². The van der Waals surface area contributed by atoms with E-state index >= 15 is 0 Å². The highest BCUT2D eigenvalue weighted by atomic mass is 35.5. The Morgan fingerprint density at radius 3 is 2.72 bits per heavy atom. The summed E-state index contributed by atoms with van der Waals surface area (Å²) in [6.07, 6.45) is 6.20. The molecule has 0 bridgehead atoms. The van der Waals surface area contributed by atoms with Crippen LogP contribution < -0.4 is 10.1 Å². The van der Waals surface area contributed by atoms with Gasteiger partial charge >= 0.3 is 0 Å². The number of rotatable bonds is 7. The van der Waals surface area contributed by atoms with E-state index in [1.165, 1.54) is 44.1 Å². The molecule has 0 saturated heterocycles. The molecule has 1 aromatic carbocycles. The standard InChI is InChI=1S/C18H25ClN2O3S/c1-21(18(23)12-25-14-6-4-3-5-7-14)11-17(22)20-15-10-13(19)8-9-16(15)24-2/h8-10,14H,3-7,11-12H2,1-2H3,(H,20,22). The maximum atomic E-state index is 12.2. The molecule has 0 aliphatic heterocycles. The van der Waals surface area contributed by atoms with E-state index < -0.39 is 0 Å². The Labute approximate surface area is 158 Å². The first-order valence-corrected chi connectivity index (χ1v) is 9.91. The van der Waals surface area contributed by atoms with Crippen LogP contribution in [0.4, 0.5) is 5.69 Å². The van der Waals surface area contributed by atoms with E-state index in [1.54, 1.807) is 37.0 Å². The Kier molecular flexibility index (Phi) is 7.90. The third-order valence-electron chi connectivity index (χ3n) is 4.24. The van der Waals surface area contributed by atoms with Gasteiger partial charge in [-0.05, 0) is 31.0 Å². The zero-order chi connectivity index (χ0) is 18.2. The van der Waals surface area contributed by atoms with Crippen molar-refractivity contribution in [2.45, 2.75) is 37.4 Å². The number of methoxy groups -OCH3 is 1. The molecular formula is C18H25ClN2O3S. The van der Waals surface area contributed by atoms with Gasteiger partial charge in [0, 0.05) is 17.3 Å². The molecule has 0 spiro atoms. The average Bonchev–Trinajstić information content (AvgIpc) is 2.60. The van der Waals surface area contributed by atoms with Crippen molar-refractivity contribution in [2.75, 3.05) is 31.8 Å². The first-order valence-electron chi connectivity index (χ1n) is 8.48. The van der Waals surface area contributed by atoms with Gasteiger partial charge in [-0.2, -0.15) is 0 Å². The van der Waals surface area contributed by atoms with E-state index in [0.717, 1.165) is 0 Å². The molecule has 1 aliphatic rings. The summed E-state index contributed by atoms with van der Waals surface area (Å²) in [4.78, 5) is 25.9. The SMILES string of the molecule is COc1ccc(Cl)cc1NC(=O)CN(C)C(=O)CSC1CCCCC1. The molecule has 1 fully saturated rings. The van der Waals surface area contributed by atoms with E-state index in [4.69, 9.17) is 16.3 Å². The lowest BCUT2D eigenvalue weighted by Gasteiger charge is -2.22. The molecule has 0 atom stereocenters. The van der Waals surface area contributed by atoms with Crippen molar-refractivity contribution in [1.82, 2.24) is 4.90 Å². The van der Waals surface area contributed by atoms with E-state index in [1.807, 2.05) is 0 Å². The highest BCUT2D eigenvalue weighted by molar-refractivity contribution is 8.00. The topological polar surface area (TPSA) is 58.6 Å². The number of nitrogens with zero attached hydrogens (tertiary/aromatic N) is 1. The number of amides is 2. The van der Waals surface area contributed by atoms with Crippen molar-refractivity contribution >= 4 is 40.9 Å². The predicted octanol–water partition coefficient (Wildman–Crippen LogP) is 3.81. The van der Waals surface area contributed by atoms with Crippen LogP contribution in [0.1, 0.15) is 32.1 Å². The molecule has 7 heteroatoms. The molecular weight excluding hydrogens is 360 g/mol. The van der Waals surface area contributed by atoms with Gasteiger partial charge in [0.25, 0.3) is 0 Å². The second kappa shape index (κ2) is 9.92. The van der Waals surface area contributed by atoms with Crippen LogP contribution in [0, 0.1) is 0 Å². The molecule has 1 aliphatic carbocycles. The van der Waals surface area contributed by atoms with Crippen LogP contribution in [0.15, 0.2) is 18.2 Å². The number of anilines is 1. The monoisotopic (exact) mass is 384 g/mol. The van der Waals surface area contributed by atoms with Crippen LogP contribution >= 0.6 is 23.4 Å². The van der Waals surface area contributed by atoms with E-state index in [-0.39, 0.29) is 18.4 Å². The summed E-state index contributed by atoms with van der Waals surface area (Å²) in [5, 5.41) is 3.83. The Balaban J connectivity index is 1.80. The smallest absolute Gasteiger partial charge is 0.244 e. The lowest BCUT2D eigenvalue weighted by molar-refractivity contribution is -0.131. The number of nitrogens with one attached hydrogen (secondary N) is 1. The number of hydrogen-bond donors (Lipinski definition) is 1. The molecule has 0 heterocycles. The van der Waals surface area contributed by atoms with Gasteiger partial charge in [-0.3, -0.25) is 9.59 Å². The number of carbonyl (C=O) groups excluding carboxylic acids is 2.